The molecule has 0 aliphatic carbocycles. The molecule has 2 aromatic rings. The molecular formula is C14H9ClF3NO2. The van der Waals surface area contributed by atoms with Crippen LogP contribution in [0.4, 0.5) is 18.9 Å². The summed E-state index contributed by atoms with van der Waals surface area (Å²) in [6.45, 7) is 0. The van der Waals surface area contributed by atoms with Crippen LogP contribution in [0, 0.1) is 0 Å². The van der Waals surface area contributed by atoms with Crippen molar-refractivity contribution in [2.24, 2.45) is 0 Å². The average molecular weight is 316 g/mol. The minimum atomic E-state index is -4.52. The van der Waals surface area contributed by atoms with Gasteiger partial charge >= 0.3 is 6.18 Å². The molecule has 1 amide bonds. The lowest BCUT2D eigenvalue weighted by molar-refractivity contribution is -0.137. The van der Waals surface area contributed by atoms with Crippen molar-refractivity contribution in [3.63, 3.8) is 0 Å². The van der Waals surface area contributed by atoms with Crippen LogP contribution in [0.2, 0.25) is 5.02 Å². The molecule has 7 heteroatoms. The maximum absolute atomic E-state index is 12.6. The van der Waals surface area contributed by atoms with Crippen molar-refractivity contribution < 1.29 is 23.1 Å². The Labute approximate surface area is 123 Å². The lowest BCUT2D eigenvalue weighted by Crippen LogP contribution is -2.14. The molecule has 0 radical (unpaired) electrons. The number of rotatable bonds is 2. The number of carbonyl (C=O) groups is 1. The van der Waals surface area contributed by atoms with Gasteiger partial charge in [-0.05, 0) is 30.3 Å². The molecule has 0 fully saturated rings. The van der Waals surface area contributed by atoms with Crippen molar-refractivity contribution in [1.29, 1.82) is 0 Å². The number of benzene rings is 2. The van der Waals surface area contributed by atoms with Crippen molar-refractivity contribution in [2.75, 3.05) is 5.32 Å². The Morgan fingerprint density at radius 1 is 1.14 bits per heavy atom. The van der Waals surface area contributed by atoms with Crippen LogP contribution in [0.3, 0.4) is 0 Å². The number of alkyl halides is 3. The van der Waals surface area contributed by atoms with E-state index in [0.717, 1.165) is 18.2 Å². The fraction of sp³-hybridized carbons (Fsp3) is 0.0714. The van der Waals surface area contributed by atoms with Gasteiger partial charge in [0.25, 0.3) is 5.91 Å². The summed E-state index contributed by atoms with van der Waals surface area (Å²) in [4.78, 5) is 11.9. The van der Waals surface area contributed by atoms with Crippen LogP contribution in [0.5, 0.6) is 5.75 Å². The van der Waals surface area contributed by atoms with Gasteiger partial charge in [-0.3, -0.25) is 4.79 Å². The van der Waals surface area contributed by atoms with E-state index in [9.17, 15) is 23.1 Å². The van der Waals surface area contributed by atoms with E-state index in [1.165, 1.54) is 24.3 Å². The minimum absolute atomic E-state index is 0.0790. The van der Waals surface area contributed by atoms with Gasteiger partial charge in [-0.25, -0.2) is 0 Å². The Kier molecular flexibility index (Phi) is 4.09. The number of phenolic OH excluding ortho intramolecular Hbond substituents is 1. The third kappa shape index (κ3) is 3.66. The van der Waals surface area contributed by atoms with Gasteiger partial charge < -0.3 is 10.4 Å². The highest BCUT2D eigenvalue weighted by Crippen LogP contribution is 2.30. The van der Waals surface area contributed by atoms with Crippen LogP contribution in [0.15, 0.2) is 42.5 Å². The highest BCUT2D eigenvalue weighted by molar-refractivity contribution is 6.34. The van der Waals surface area contributed by atoms with E-state index in [0.29, 0.717) is 0 Å². The molecule has 0 unspecified atom stereocenters. The van der Waals surface area contributed by atoms with Gasteiger partial charge in [-0.15, -0.1) is 0 Å². The molecule has 0 heterocycles. The molecule has 110 valence electrons. The number of hydrogen-bond donors (Lipinski definition) is 2. The predicted octanol–water partition coefficient (Wildman–Crippen LogP) is 4.32. The van der Waals surface area contributed by atoms with Crippen LogP contribution in [0.1, 0.15) is 15.9 Å². The van der Waals surface area contributed by atoms with Gasteiger partial charge in [-0.1, -0.05) is 17.7 Å². The van der Waals surface area contributed by atoms with Crippen molar-refractivity contribution in [3.8, 4) is 5.75 Å². The van der Waals surface area contributed by atoms with E-state index in [1.807, 2.05) is 0 Å². The van der Waals surface area contributed by atoms with E-state index in [4.69, 9.17) is 11.6 Å². The van der Waals surface area contributed by atoms with Gasteiger partial charge in [0.2, 0.25) is 0 Å². The number of anilines is 1. The first-order valence-corrected chi connectivity index (χ1v) is 6.12. The van der Waals surface area contributed by atoms with Gasteiger partial charge in [0.1, 0.15) is 5.75 Å². The van der Waals surface area contributed by atoms with Crippen molar-refractivity contribution in [3.05, 3.63) is 58.6 Å². The van der Waals surface area contributed by atoms with E-state index in [2.05, 4.69) is 5.32 Å². The smallest absolute Gasteiger partial charge is 0.416 e. The second-order valence-corrected chi connectivity index (χ2v) is 4.60. The van der Waals surface area contributed by atoms with Crippen LogP contribution in [-0.4, -0.2) is 11.0 Å². The molecule has 2 aromatic carbocycles. The fourth-order valence-electron chi connectivity index (χ4n) is 1.64. The van der Waals surface area contributed by atoms with E-state index >= 15 is 0 Å². The number of phenols is 1. The molecule has 0 aromatic heterocycles. The van der Waals surface area contributed by atoms with Crippen LogP contribution < -0.4 is 5.32 Å². The Morgan fingerprint density at radius 2 is 1.86 bits per heavy atom. The summed E-state index contributed by atoms with van der Waals surface area (Å²) in [6, 6.07) is 7.91. The summed E-state index contributed by atoms with van der Waals surface area (Å²) in [6.07, 6.45) is -4.52. The van der Waals surface area contributed by atoms with Crippen molar-refractivity contribution >= 4 is 23.2 Å². The summed E-state index contributed by atoms with van der Waals surface area (Å²) >= 11 is 5.81. The Balaban J connectivity index is 2.25. The zero-order valence-corrected chi connectivity index (χ0v) is 11.2. The van der Waals surface area contributed by atoms with E-state index in [-0.39, 0.29) is 22.0 Å². The lowest BCUT2D eigenvalue weighted by Gasteiger charge is -2.10. The molecular weight excluding hydrogens is 307 g/mol. The topological polar surface area (TPSA) is 49.3 Å². The maximum Gasteiger partial charge on any atom is 0.416 e. The predicted molar refractivity (Wildman–Crippen MR) is 72.5 cm³/mol. The number of aromatic hydroxyl groups is 1. The summed E-state index contributed by atoms with van der Waals surface area (Å²) in [5, 5.41) is 11.7. The van der Waals surface area contributed by atoms with Gasteiger partial charge in [0.15, 0.2) is 0 Å². The second kappa shape index (κ2) is 5.65. The Bertz CT molecular complexity index is 686. The molecule has 2 rings (SSSR count). The molecule has 2 N–H and O–H groups in total. The second-order valence-electron chi connectivity index (χ2n) is 4.20. The van der Waals surface area contributed by atoms with Crippen LogP contribution >= 0.6 is 11.6 Å². The molecule has 0 aliphatic rings. The largest absolute Gasteiger partial charge is 0.508 e. The molecule has 0 saturated carbocycles. The first-order chi connectivity index (χ1) is 9.77. The van der Waals surface area contributed by atoms with Gasteiger partial charge in [0, 0.05) is 11.6 Å². The highest BCUT2D eigenvalue weighted by Gasteiger charge is 2.30. The van der Waals surface area contributed by atoms with Crippen molar-refractivity contribution in [1.82, 2.24) is 0 Å². The maximum atomic E-state index is 12.6. The molecule has 3 nitrogen and oxygen atoms in total. The quantitative estimate of drug-likeness (QED) is 0.811. The third-order valence-corrected chi connectivity index (χ3v) is 2.97. The monoisotopic (exact) mass is 315 g/mol. The van der Waals surface area contributed by atoms with E-state index in [1.54, 1.807) is 0 Å². The summed E-state index contributed by atoms with van der Waals surface area (Å²) in [5.41, 5.74) is -0.863. The van der Waals surface area contributed by atoms with Crippen LogP contribution in [0.25, 0.3) is 0 Å². The molecule has 21 heavy (non-hydrogen) atoms. The number of carbonyl (C=O) groups excluding carboxylic acids is 1. The standard InChI is InChI=1S/C14H9ClF3NO2/c15-11-7-10(20)4-5-12(11)19-13(21)8-2-1-3-9(6-8)14(16,17)18/h1-7,20H,(H,19,21). The average Bonchev–Trinajstić information content (AvgIpc) is 2.41. The summed E-state index contributed by atoms with van der Waals surface area (Å²) < 4.78 is 37.8. The number of amides is 1. The first kappa shape index (κ1) is 15.2. The lowest BCUT2D eigenvalue weighted by atomic mass is 10.1. The Morgan fingerprint density at radius 3 is 2.48 bits per heavy atom. The zero-order valence-electron chi connectivity index (χ0n) is 10.4. The van der Waals surface area contributed by atoms with Gasteiger partial charge in [0.05, 0.1) is 16.3 Å². The first-order valence-electron chi connectivity index (χ1n) is 5.74. The summed E-state index contributed by atoms with van der Waals surface area (Å²) in [7, 11) is 0. The molecule has 0 spiro atoms. The summed E-state index contributed by atoms with van der Waals surface area (Å²) in [5.74, 6) is -0.814. The fourth-order valence-corrected chi connectivity index (χ4v) is 1.86. The third-order valence-electron chi connectivity index (χ3n) is 2.65. The highest BCUT2D eigenvalue weighted by atomic mass is 35.5. The minimum Gasteiger partial charge on any atom is -0.508 e. The molecule has 0 aliphatic heterocycles. The van der Waals surface area contributed by atoms with Crippen LogP contribution in [-0.2, 0) is 6.18 Å². The van der Waals surface area contributed by atoms with E-state index < -0.39 is 17.6 Å². The number of nitrogens with one attached hydrogen (secondary N) is 1. The number of hydrogen-bond acceptors (Lipinski definition) is 2. The van der Waals surface area contributed by atoms with Crippen molar-refractivity contribution in [2.45, 2.75) is 6.18 Å². The Hall–Kier alpha value is -2.21. The normalized spacial score (nSPS) is 11.2. The van der Waals surface area contributed by atoms with Gasteiger partial charge in [-0.2, -0.15) is 13.2 Å². The number of halogens is 4. The molecule has 0 bridgehead atoms. The molecule has 0 saturated heterocycles. The SMILES string of the molecule is O=C(Nc1ccc(O)cc1Cl)c1cccc(C(F)(F)F)c1. The molecule has 0 atom stereocenters. The zero-order chi connectivity index (χ0) is 15.6.